The van der Waals surface area contributed by atoms with E-state index in [0.717, 1.165) is 17.6 Å². The zero-order valence-corrected chi connectivity index (χ0v) is 9.19. The first-order valence-electron chi connectivity index (χ1n) is 5.49. The minimum absolute atomic E-state index is 0.218. The van der Waals surface area contributed by atoms with Crippen molar-refractivity contribution in [2.75, 3.05) is 6.61 Å². The molecule has 0 saturated carbocycles. The predicted octanol–water partition coefficient (Wildman–Crippen LogP) is 1.57. The van der Waals surface area contributed by atoms with Crippen LogP contribution in [-0.2, 0) is 16.0 Å². The fraction of sp³-hybridized carbons (Fsp3) is 0.154. The molecule has 4 heteroatoms. The molecule has 4 nitrogen and oxygen atoms in total. The van der Waals surface area contributed by atoms with E-state index >= 15 is 0 Å². The van der Waals surface area contributed by atoms with Gasteiger partial charge in [0.1, 0.15) is 0 Å². The van der Waals surface area contributed by atoms with Crippen molar-refractivity contribution < 1.29 is 9.53 Å². The summed E-state index contributed by atoms with van der Waals surface area (Å²) in [5.74, 6) is -0.313. The van der Waals surface area contributed by atoms with E-state index in [-0.39, 0.29) is 5.76 Å². The summed E-state index contributed by atoms with van der Waals surface area (Å²) in [7, 11) is 0. The number of amides is 1. The van der Waals surface area contributed by atoms with Gasteiger partial charge in [0.2, 0.25) is 0 Å². The zero-order valence-electron chi connectivity index (χ0n) is 9.19. The van der Waals surface area contributed by atoms with E-state index in [1.54, 1.807) is 6.08 Å². The molecule has 1 amide bonds. The largest absolute Gasteiger partial charge is 0.488 e. The number of primary amides is 1. The predicted molar refractivity (Wildman–Crippen MR) is 65.1 cm³/mol. The van der Waals surface area contributed by atoms with Gasteiger partial charge in [-0.05, 0) is 11.6 Å². The monoisotopic (exact) mass is 228 g/mol. The molecule has 2 aromatic rings. The molecule has 3 rings (SSSR count). The third-order valence-electron chi connectivity index (χ3n) is 2.97. The molecule has 3 N–H and O–H groups in total. The number of fused-ring (bicyclic) bond motifs is 3. The highest BCUT2D eigenvalue weighted by Crippen LogP contribution is 2.26. The molecule has 1 aliphatic rings. The fourth-order valence-electron chi connectivity index (χ4n) is 2.19. The number of nitrogens with one attached hydrogen (secondary N) is 1. The van der Waals surface area contributed by atoms with Gasteiger partial charge in [0.05, 0.1) is 6.61 Å². The molecule has 0 fully saturated rings. The first kappa shape index (κ1) is 9.96. The molecule has 1 aromatic heterocycles. The minimum Gasteiger partial charge on any atom is -0.488 e. The normalized spacial score (nSPS) is 14.7. The van der Waals surface area contributed by atoms with Crippen molar-refractivity contribution in [3.8, 4) is 0 Å². The number of hydrogen-bond acceptors (Lipinski definition) is 2. The van der Waals surface area contributed by atoms with Gasteiger partial charge in [-0.15, -0.1) is 0 Å². The van der Waals surface area contributed by atoms with E-state index in [1.807, 2.05) is 18.2 Å². The fourth-order valence-corrected chi connectivity index (χ4v) is 2.19. The molecule has 0 bridgehead atoms. The zero-order chi connectivity index (χ0) is 11.8. The van der Waals surface area contributed by atoms with Gasteiger partial charge in [-0.25, -0.2) is 0 Å². The highest BCUT2D eigenvalue weighted by atomic mass is 16.5. The van der Waals surface area contributed by atoms with Gasteiger partial charge in [0.25, 0.3) is 5.91 Å². The summed E-state index contributed by atoms with van der Waals surface area (Å²) in [5, 5.41) is 1.17. The number of carbonyl (C=O) groups excluding carboxylic acids is 1. The van der Waals surface area contributed by atoms with Crippen LogP contribution in [0.3, 0.4) is 0 Å². The standard InChI is InChI=1S/C13H12N2O2/c14-13(16)12-7-11-9(5-6-17-12)8-3-1-2-4-10(8)15-11/h1-4,7,15H,5-6H2,(H2,14,16). The summed E-state index contributed by atoms with van der Waals surface area (Å²) >= 11 is 0. The number of nitrogens with two attached hydrogens (primary N) is 1. The van der Waals surface area contributed by atoms with E-state index in [1.165, 1.54) is 10.9 Å². The lowest BCUT2D eigenvalue weighted by Crippen LogP contribution is -2.16. The minimum atomic E-state index is -0.531. The molecule has 1 aliphatic heterocycles. The van der Waals surface area contributed by atoms with Crippen molar-refractivity contribution >= 4 is 22.9 Å². The van der Waals surface area contributed by atoms with Crippen LogP contribution in [0, 0.1) is 0 Å². The summed E-state index contributed by atoms with van der Waals surface area (Å²) in [6.45, 7) is 0.476. The summed E-state index contributed by atoms with van der Waals surface area (Å²) in [6, 6.07) is 8.06. The number of H-pyrrole nitrogens is 1. The average molecular weight is 228 g/mol. The maximum Gasteiger partial charge on any atom is 0.283 e. The van der Waals surface area contributed by atoms with Gasteiger partial charge in [0, 0.05) is 29.1 Å². The van der Waals surface area contributed by atoms with Crippen LogP contribution in [0.25, 0.3) is 17.0 Å². The Bertz CT molecular complexity index is 625. The van der Waals surface area contributed by atoms with Gasteiger partial charge in [0.15, 0.2) is 5.76 Å². The van der Waals surface area contributed by atoms with Crippen LogP contribution in [-0.4, -0.2) is 17.5 Å². The van der Waals surface area contributed by atoms with Gasteiger partial charge < -0.3 is 15.5 Å². The lowest BCUT2D eigenvalue weighted by Gasteiger charge is -2.02. The Balaban J connectivity index is 2.22. The van der Waals surface area contributed by atoms with E-state index < -0.39 is 5.91 Å². The van der Waals surface area contributed by atoms with Crippen molar-refractivity contribution in [3.63, 3.8) is 0 Å². The first-order chi connectivity index (χ1) is 8.25. The average Bonchev–Trinajstić information content (AvgIpc) is 2.53. The third-order valence-corrected chi connectivity index (χ3v) is 2.97. The van der Waals surface area contributed by atoms with E-state index in [9.17, 15) is 4.79 Å². The van der Waals surface area contributed by atoms with Crippen LogP contribution < -0.4 is 5.73 Å². The second-order valence-corrected chi connectivity index (χ2v) is 4.03. The molecule has 0 unspecified atom stereocenters. The number of aromatic nitrogens is 1. The van der Waals surface area contributed by atoms with Crippen molar-refractivity contribution in [2.24, 2.45) is 5.73 Å². The Kier molecular flexibility index (Phi) is 2.14. The number of para-hydroxylation sites is 1. The Morgan fingerprint density at radius 1 is 1.35 bits per heavy atom. The van der Waals surface area contributed by atoms with Crippen LogP contribution in [0.2, 0.25) is 0 Å². The van der Waals surface area contributed by atoms with E-state index in [4.69, 9.17) is 10.5 Å². The molecule has 2 heterocycles. The maximum absolute atomic E-state index is 11.1. The molecule has 86 valence electrons. The summed E-state index contributed by atoms with van der Waals surface area (Å²) in [5.41, 5.74) is 8.40. The quantitative estimate of drug-likeness (QED) is 0.777. The lowest BCUT2D eigenvalue weighted by molar-refractivity contribution is -0.117. The van der Waals surface area contributed by atoms with Crippen LogP contribution in [0.4, 0.5) is 0 Å². The van der Waals surface area contributed by atoms with E-state index in [0.29, 0.717) is 6.61 Å². The first-order valence-corrected chi connectivity index (χ1v) is 5.49. The summed E-state index contributed by atoms with van der Waals surface area (Å²) in [4.78, 5) is 14.4. The highest BCUT2D eigenvalue weighted by Gasteiger charge is 2.16. The summed E-state index contributed by atoms with van der Waals surface area (Å²) in [6.07, 6.45) is 2.46. The van der Waals surface area contributed by atoms with Crippen LogP contribution in [0.5, 0.6) is 0 Å². The highest BCUT2D eigenvalue weighted by molar-refractivity contribution is 5.96. The molecule has 0 radical (unpaired) electrons. The van der Waals surface area contributed by atoms with Crippen molar-refractivity contribution in [3.05, 3.63) is 41.3 Å². The second-order valence-electron chi connectivity index (χ2n) is 4.03. The van der Waals surface area contributed by atoms with Gasteiger partial charge in [-0.3, -0.25) is 4.79 Å². The number of carbonyl (C=O) groups is 1. The molecule has 17 heavy (non-hydrogen) atoms. The molecule has 0 spiro atoms. The Morgan fingerprint density at radius 2 is 2.18 bits per heavy atom. The Hall–Kier alpha value is -2.23. The third kappa shape index (κ3) is 1.58. The van der Waals surface area contributed by atoms with Crippen LogP contribution in [0.15, 0.2) is 30.0 Å². The number of hydrogen-bond donors (Lipinski definition) is 2. The Labute approximate surface area is 98.1 Å². The van der Waals surface area contributed by atoms with Crippen LogP contribution >= 0.6 is 0 Å². The number of ether oxygens (including phenoxy) is 1. The second kappa shape index (κ2) is 3.66. The van der Waals surface area contributed by atoms with Crippen molar-refractivity contribution in [1.29, 1.82) is 0 Å². The van der Waals surface area contributed by atoms with Crippen molar-refractivity contribution in [2.45, 2.75) is 6.42 Å². The number of benzene rings is 1. The summed E-state index contributed by atoms with van der Waals surface area (Å²) < 4.78 is 5.32. The topological polar surface area (TPSA) is 68.1 Å². The molecule has 0 saturated heterocycles. The SMILES string of the molecule is NC(=O)C1=Cc2[nH]c3ccccc3c2CCO1. The maximum atomic E-state index is 11.1. The Morgan fingerprint density at radius 3 is 3.00 bits per heavy atom. The molecular weight excluding hydrogens is 216 g/mol. The number of aromatic amines is 1. The molecule has 1 aromatic carbocycles. The van der Waals surface area contributed by atoms with Crippen molar-refractivity contribution in [1.82, 2.24) is 4.98 Å². The van der Waals surface area contributed by atoms with Crippen LogP contribution in [0.1, 0.15) is 11.3 Å². The smallest absolute Gasteiger partial charge is 0.283 e. The molecular formula is C13H12N2O2. The van der Waals surface area contributed by atoms with Gasteiger partial charge in [-0.2, -0.15) is 0 Å². The number of rotatable bonds is 1. The molecule has 0 aliphatic carbocycles. The lowest BCUT2D eigenvalue weighted by atomic mass is 10.1. The molecule has 0 atom stereocenters. The van der Waals surface area contributed by atoms with E-state index in [2.05, 4.69) is 11.1 Å². The van der Waals surface area contributed by atoms with Gasteiger partial charge in [-0.1, -0.05) is 18.2 Å². The van der Waals surface area contributed by atoms with Gasteiger partial charge >= 0.3 is 0 Å².